The van der Waals surface area contributed by atoms with Gasteiger partial charge in [-0.25, -0.2) is 0 Å². The van der Waals surface area contributed by atoms with E-state index in [1.54, 1.807) is 7.11 Å². The third-order valence-corrected chi connectivity index (χ3v) is 3.91. The number of carbonyl (C=O) groups excluding carboxylic acids is 1. The summed E-state index contributed by atoms with van der Waals surface area (Å²) in [6.45, 7) is 2.19. The highest BCUT2D eigenvalue weighted by atomic mass is 35.5. The van der Waals surface area contributed by atoms with Crippen LogP contribution in [0.25, 0.3) is 10.9 Å². The molecule has 0 atom stereocenters. The maximum atomic E-state index is 12.4. The average molecular weight is 329 g/mol. The van der Waals surface area contributed by atoms with E-state index in [0.717, 1.165) is 16.5 Å². The first-order valence-corrected chi connectivity index (χ1v) is 7.63. The summed E-state index contributed by atoms with van der Waals surface area (Å²) in [6, 6.07) is 13.2. The summed E-state index contributed by atoms with van der Waals surface area (Å²) in [5.74, 6) is 0.537. The molecule has 0 bridgehead atoms. The van der Waals surface area contributed by atoms with Crippen LogP contribution in [-0.4, -0.2) is 17.6 Å². The average Bonchev–Trinajstić information content (AvgIpc) is 2.89. The van der Waals surface area contributed by atoms with E-state index in [9.17, 15) is 4.79 Å². The fourth-order valence-corrected chi connectivity index (χ4v) is 2.75. The number of aryl methyl sites for hydroxylation is 1. The molecule has 0 spiro atoms. The molecule has 0 saturated carbocycles. The SMILES string of the molecule is COc1ccc(C)cc1NC(=O)Cn1ccc2cc(Cl)ccc21. The van der Waals surface area contributed by atoms with E-state index < -0.39 is 0 Å². The van der Waals surface area contributed by atoms with Crippen LogP contribution in [0, 0.1) is 6.92 Å². The second-order valence-corrected chi connectivity index (χ2v) is 5.84. The predicted molar refractivity (Wildman–Crippen MR) is 93.3 cm³/mol. The van der Waals surface area contributed by atoms with Gasteiger partial charge in [0.05, 0.1) is 12.8 Å². The van der Waals surface area contributed by atoms with Crippen molar-refractivity contribution >= 4 is 34.1 Å². The Morgan fingerprint density at radius 2 is 2.04 bits per heavy atom. The van der Waals surface area contributed by atoms with Crippen LogP contribution in [0.4, 0.5) is 5.69 Å². The molecular formula is C18H17ClN2O2. The number of aromatic nitrogens is 1. The summed E-state index contributed by atoms with van der Waals surface area (Å²) >= 11 is 5.99. The van der Waals surface area contributed by atoms with Crippen LogP contribution < -0.4 is 10.1 Å². The zero-order valence-corrected chi connectivity index (χ0v) is 13.7. The van der Waals surface area contributed by atoms with Crippen molar-refractivity contribution in [2.45, 2.75) is 13.5 Å². The van der Waals surface area contributed by atoms with Gasteiger partial charge in [-0.15, -0.1) is 0 Å². The van der Waals surface area contributed by atoms with Crippen LogP contribution in [0.15, 0.2) is 48.7 Å². The number of fused-ring (bicyclic) bond motifs is 1. The van der Waals surface area contributed by atoms with E-state index in [1.165, 1.54) is 0 Å². The van der Waals surface area contributed by atoms with E-state index in [2.05, 4.69) is 5.32 Å². The lowest BCUT2D eigenvalue weighted by Gasteiger charge is -2.12. The molecule has 3 rings (SSSR count). The van der Waals surface area contributed by atoms with Gasteiger partial charge < -0.3 is 14.6 Å². The highest BCUT2D eigenvalue weighted by molar-refractivity contribution is 6.31. The van der Waals surface area contributed by atoms with Gasteiger partial charge in [0.1, 0.15) is 12.3 Å². The second kappa shape index (κ2) is 6.34. The highest BCUT2D eigenvalue weighted by Crippen LogP contribution is 2.25. The lowest BCUT2D eigenvalue weighted by Crippen LogP contribution is -2.18. The number of anilines is 1. The minimum absolute atomic E-state index is 0.110. The molecule has 118 valence electrons. The summed E-state index contributed by atoms with van der Waals surface area (Å²) < 4.78 is 7.18. The van der Waals surface area contributed by atoms with Gasteiger partial charge in [-0.3, -0.25) is 4.79 Å². The lowest BCUT2D eigenvalue weighted by atomic mass is 10.2. The quantitative estimate of drug-likeness (QED) is 0.778. The van der Waals surface area contributed by atoms with Crippen molar-refractivity contribution in [1.29, 1.82) is 0 Å². The van der Waals surface area contributed by atoms with E-state index >= 15 is 0 Å². The van der Waals surface area contributed by atoms with Crippen molar-refractivity contribution in [3.05, 3.63) is 59.2 Å². The number of halogens is 1. The van der Waals surface area contributed by atoms with Crippen molar-refractivity contribution in [2.24, 2.45) is 0 Å². The molecule has 1 aromatic heterocycles. The fraction of sp³-hybridized carbons (Fsp3) is 0.167. The third kappa shape index (κ3) is 3.32. The number of nitrogens with one attached hydrogen (secondary N) is 1. The Morgan fingerprint density at radius 1 is 1.22 bits per heavy atom. The normalized spacial score (nSPS) is 10.7. The summed E-state index contributed by atoms with van der Waals surface area (Å²) in [5.41, 5.74) is 2.71. The first kappa shape index (κ1) is 15.4. The molecule has 1 heterocycles. The molecule has 0 aliphatic carbocycles. The Morgan fingerprint density at radius 3 is 2.83 bits per heavy atom. The van der Waals surface area contributed by atoms with Crippen LogP contribution in [0.2, 0.25) is 5.02 Å². The molecule has 0 saturated heterocycles. The van der Waals surface area contributed by atoms with Crippen molar-refractivity contribution in [1.82, 2.24) is 4.57 Å². The second-order valence-electron chi connectivity index (χ2n) is 5.40. The molecule has 0 unspecified atom stereocenters. The molecule has 3 aromatic rings. The molecule has 4 nitrogen and oxygen atoms in total. The first-order valence-electron chi connectivity index (χ1n) is 7.26. The molecule has 0 fully saturated rings. The fourth-order valence-electron chi connectivity index (χ4n) is 2.57. The summed E-state index contributed by atoms with van der Waals surface area (Å²) in [4.78, 5) is 12.4. The minimum Gasteiger partial charge on any atom is -0.495 e. The van der Waals surface area contributed by atoms with Crippen molar-refractivity contribution in [3.8, 4) is 5.75 Å². The zero-order valence-electron chi connectivity index (χ0n) is 13.0. The molecule has 0 aliphatic rings. The smallest absolute Gasteiger partial charge is 0.244 e. The van der Waals surface area contributed by atoms with Gasteiger partial charge in [-0.1, -0.05) is 17.7 Å². The van der Waals surface area contributed by atoms with Gasteiger partial charge in [0.25, 0.3) is 0 Å². The molecule has 0 aliphatic heterocycles. The number of methoxy groups -OCH3 is 1. The Bertz CT molecular complexity index is 871. The molecule has 0 radical (unpaired) electrons. The number of carbonyl (C=O) groups is 1. The summed E-state index contributed by atoms with van der Waals surface area (Å²) in [7, 11) is 1.59. The van der Waals surface area contributed by atoms with Crippen molar-refractivity contribution in [3.63, 3.8) is 0 Å². The highest BCUT2D eigenvalue weighted by Gasteiger charge is 2.10. The number of hydrogen-bond acceptors (Lipinski definition) is 2. The number of nitrogens with zero attached hydrogens (tertiary/aromatic N) is 1. The minimum atomic E-state index is -0.110. The van der Waals surface area contributed by atoms with Crippen LogP contribution >= 0.6 is 11.6 Å². The topological polar surface area (TPSA) is 43.3 Å². The predicted octanol–water partition coefficient (Wildman–Crippen LogP) is 4.25. The monoisotopic (exact) mass is 328 g/mol. The Balaban J connectivity index is 1.80. The number of benzene rings is 2. The van der Waals surface area contributed by atoms with Crippen LogP contribution in [0.5, 0.6) is 5.75 Å². The van der Waals surface area contributed by atoms with Crippen LogP contribution in [0.3, 0.4) is 0 Å². The summed E-state index contributed by atoms with van der Waals surface area (Å²) in [5, 5.41) is 4.60. The van der Waals surface area contributed by atoms with Crippen LogP contribution in [-0.2, 0) is 11.3 Å². The number of ether oxygens (including phenoxy) is 1. The number of rotatable bonds is 4. The molecule has 1 amide bonds. The molecule has 5 heteroatoms. The Kier molecular flexibility index (Phi) is 4.26. The maximum Gasteiger partial charge on any atom is 0.244 e. The van der Waals surface area contributed by atoms with Crippen LogP contribution in [0.1, 0.15) is 5.56 Å². The maximum absolute atomic E-state index is 12.4. The van der Waals surface area contributed by atoms with Gasteiger partial charge in [-0.2, -0.15) is 0 Å². The molecular weight excluding hydrogens is 312 g/mol. The zero-order chi connectivity index (χ0) is 16.4. The van der Waals surface area contributed by atoms with Crippen molar-refractivity contribution in [2.75, 3.05) is 12.4 Å². The first-order chi connectivity index (χ1) is 11.1. The Hall–Kier alpha value is -2.46. The van der Waals surface area contributed by atoms with E-state index in [-0.39, 0.29) is 12.5 Å². The van der Waals surface area contributed by atoms with Gasteiger partial charge >= 0.3 is 0 Å². The third-order valence-electron chi connectivity index (χ3n) is 3.68. The van der Waals surface area contributed by atoms with Gasteiger partial charge in [0, 0.05) is 22.1 Å². The molecule has 2 aromatic carbocycles. The number of amides is 1. The Labute approximate surface area is 139 Å². The van der Waals surface area contributed by atoms with E-state index in [1.807, 2.05) is 60.2 Å². The van der Waals surface area contributed by atoms with Gasteiger partial charge in [0.2, 0.25) is 5.91 Å². The van der Waals surface area contributed by atoms with E-state index in [4.69, 9.17) is 16.3 Å². The van der Waals surface area contributed by atoms with E-state index in [0.29, 0.717) is 16.5 Å². The lowest BCUT2D eigenvalue weighted by molar-refractivity contribution is -0.116. The standard InChI is InChI=1S/C18H17ClN2O2/c1-12-3-6-17(23-2)15(9-12)20-18(22)11-21-8-7-13-10-14(19)4-5-16(13)21/h3-10H,11H2,1-2H3,(H,20,22). The largest absolute Gasteiger partial charge is 0.495 e. The van der Waals surface area contributed by atoms with Gasteiger partial charge in [-0.05, 0) is 48.9 Å². The molecule has 23 heavy (non-hydrogen) atoms. The summed E-state index contributed by atoms with van der Waals surface area (Å²) in [6.07, 6.45) is 1.88. The molecule has 1 N–H and O–H groups in total. The number of hydrogen-bond donors (Lipinski definition) is 1. The van der Waals surface area contributed by atoms with Gasteiger partial charge in [0.15, 0.2) is 0 Å². The van der Waals surface area contributed by atoms with Crippen molar-refractivity contribution < 1.29 is 9.53 Å².